The Morgan fingerprint density at radius 3 is 2.62 bits per heavy atom. The summed E-state index contributed by atoms with van der Waals surface area (Å²) in [4.78, 5) is 23.4. The number of aromatic nitrogens is 2. The number of morpholine rings is 1. The van der Waals surface area contributed by atoms with Crippen LogP contribution in [0.25, 0.3) is 11.0 Å². The third-order valence-corrected chi connectivity index (χ3v) is 4.19. The molecule has 0 aliphatic carbocycles. The summed E-state index contributed by atoms with van der Waals surface area (Å²) in [7, 11) is 0. The van der Waals surface area contributed by atoms with Gasteiger partial charge >= 0.3 is 0 Å². The Balaban J connectivity index is 1.56. The molecule has 0 radical (unpaired) electrons. The average molecular weight is 319 g/mol. The van der Waals surface area contributed by atoms with Crippen molar-refractivity contribution in [2.75, 3.05) is 19.7 Å². The molecule has 1 fully saturated rings. The van der Waals surface area contributed by atoms with E-state index in [9.17, 15) is 4.79 Å². The maximum Gasteiger partial charge on any atom is 0.274 e. The zero-order valence-electron chi connectivity index (χ0n) is 13.1. The lowest BCUT2D eigenvalue weighted by Crippen LogP contribution is -2.42. The fourth-order valence-electron chi connectivity index (χ4n) is 2.93. The summed E-state index contributed by atoms with van der Waals surface area (Å²) in [6.07, 6.45) is 1.45. The number of hydrogen-bond donors (Lipinski definition) is 0. The van der Waals surface area contributed by atoms with Crippen LogP contribution in [-0.2, 0) is 4.74 Å². The standard InChI is InChI=1S/C19H17N3O2/c23-19(17-12-20-15-8-4-5-9-16(15)21-17)22-10-11-24-18(13-22)14-6-2-1-3-7-14/h1-9,12,18H,10-11,13H2. The van der Waals surface area contributed by atoms with Crippen molar-refractivity contribution >= 4 is 16.9 Å². The topological polar surface area (TPSA) is 55.3 Å². The molecule has 5 heteroatoms. The third-order valence-electron chi connectivity index (χ3n) is 4.19. The van der Waals surface area contributed by atoms with Crippen LogP contribution in [-0.4, -0.2) is 40.5 Å². The number of amides is 1. The molecule has 3 aromatic rings. The van der Waals surface area contributed by atoms with E-state index in [4.69, 9.17) is 4.74 Å². The molecule has 1 aliphatic heterocycles. The van der Waals surface area contributed by atoms with Crippen LogP contribution in [0.5, 0.6) is 0 Å². The molecule has 0 spiro atoms. The summed E-state index contributed by atoms with van der Waals surface area (Å²) in [5, 5.41) is 0. The van der Waals surface area contributed by atoms with Gasteiger partial charge in [0.25, 0.3) is 5.91 Å². The SMILES string of the molecule is O=C(c1cnc2ccccc2n1)N1CCOC(c2ccccc2)C1. The maximum atomic E-state index is 12.8. The van der Waals surface area contributed by atoms with Crippen LogP contribution in [0.4, 0.5) is 0 Å². The van der Waals surface area contributed by atoms with Crippen molar-refractivity contribution < 1.29 is 9.53 Å². The zero-order valence-corrected chi connectivity index (χ0v) is 13.1. The highest BCUT2D eigenvalue weighted by atomic mass is 16.5. The van der Waals surface area contributed by atoms with Gasteiger partial charge in [0.15, 0.2) is 0 Å². The van der Waals surface area contributed by atoms with Gasteiger partial charge in [-0.15, -0.1) is 0 Å². The summed E-state index contributed by atoms with van der Waals surface area (Å²) >= 11 is 0. The van der Waals surface area contributed by atoms with Crippen molar-refractivity contribution in [1.82, 2.24) is 14.9 Å². The first-order valence-electron chi connectivity index (χ1n) is 7.99. The van der Waals surface area contributed by atoms with Crippen LogP contribution in [0.3, 0.4) is 0 Å². The van der Waals surface area contributed by atoms with Gasteiger partial charge in [0, 0.05) is 6.54 Å². The molecule has 1 amide bonds. The molecule has 5 nitrogen and oxygen atoms in total. The normalized spacial score (nSPS) is 17.8. The molecular formula is C19H17N3O2. The lowest BCUT2D eigenvalue weighted by atomic mass is 10.1. The number of ether oxygens (including phenoxy) is 1. The lowest BCUT2D eigenvalue weighted by Gasteiger charge is -2.33. The second kappa shape index (κ2) is 6.37. The van der Waals surface area contributed by atoms with Crippen LogP contribution in [0.1, 0.15) is 22.2 Å². The van der Waals surface area contributed by atoms with Crippen molar-refractivity contribution in [1.29, 1.82) is 0 Å². The Morgan fingerprint density at radius 1 is 1.04 bits per heavy atom. The number of benzene rings is 2. The third kappa shape index (κ3) is 2.86. The second-order valence-corrected chi connectivity index (χ2v) is 5.77. The van der Waals surface area contributed by atoms with Crippen LogP contribution in [0.15, 0.2) is 60.8 Å². The molecule has 0 bridgehead atoms. The smallest absolute Gasteiger partial charge is 0.274 e. The Hall–Kier alpha value is -2.79. The van der Waals surface area contributed by atoms with Gasteiger partial charge < -0.3 is 9.64 Å². The summed E-state index contributed by atoms with van der Waals surface area (Å²) in [5.74, 6) is -0.0996. The minimum absolute atomic E-state index is 0.0996. The Kier molecular flexibility index (Phi) is 3.92. The van der Waals surface area contributed by atoms with E-state index in [-0.39, 0.29) is 12.0 Å². The molecule has 0 N–H and O–H groups in total. The highest BCUT2D eigenvalue weighted by Gasteiger charge is 2.27. The molecule has 24 heavy (non-hydrogen) atoms. The average Bonchev–Trinajstić information content (AvgIpc) is 2.68. The fraction of sp³-hybridized carbons (Fsp3) is 0.211. The van der Waals surface area contributed by atoms with Crippen molar-refractivity contribution in [3.05, 3.63) is 72.1 Å². The van der Waals surface area contributed by atoms with E-state index in [1.54, 1.807) is 11.1 Å². The first-order chi connectivity index (χ1) is 11.8. The van der Waals surface area contributed by atoms with E-state index >= 15 is 0 Å². The Labute approximate surface area is 139 Å². The highest BCUT2D eigenvalue weighted by molar-refractivity contribution is 5.93. The number of carbonyl (C=O) groups is 1. The van der Waals surface area contributed by atoms with E-state index in [1.807, 2.05) is 54.6 Å². The number of hydrogen-bond acceptors (Lipinski definition) is 4. The molecule has 2 heterocycles. The van der Waals surface area contributed by atoms with Gasteiger partial charge in [-0.2, -0.15) is 0 Å². The lowest BCUT2D eigenvalue weighted by molar-refractivity contribution is -0.0230. The van der Waals surface area contributed by atoms with Crippen molar-refractivity contribution in [2.45, 2.75) is 6.10 Å². The number of nitrogens with zero attached hydrogens (tertiary/aromatic N) is 3. The molecule has 1 atom stereocenters. The minimum atomic E-state index is -0.0997. The van der Waals surface area contributed by atoms with E-state index < -0.39 is 0 Å². The molecule has 1 saturated heterocycles. The minimum Gasteiger partial charge on any atom is -0.370 e. The highest BCUT2D eigenvalue weighted by Crippen LogP contribution is 2.23. The van der Waals surface area contributed by atoms with E-state index in [0.29, 0.717) is 25.4 Å². The first-order valence-corrected chi connectivity index (χ1v) is 7.99. The van der Waals surface area contributed by atoms with E-state index in [0.717, 1.165) is 16.6 Å². The Bertz CT molecular complexity index is 867. The molecule has 1 unspecified atom stereocenters. The number of para-hydroxylation sites is 2. The molecule has 4 rings (SSSR count). The quantitative estimate of drug-likeness (QED) is 0.729. The van der Waals surface area contributed by atoms with Crippen molar-refractivity contribution in [2.24, 2.45) is 0 Å². The van der Waals surface area contributed by atoms with Gasteiger partial charge in [-0.3, -0.25) is 9.78 Å². The van der Waals surface area contributed by atoms with Gasteiger partial charge in [0.2, 0.25) is 0 Å². The van der Waals surface area contributed by atoms with Crippen molar-refractivity contribution in [3.63, 3.8) is 0 Å². The Morgan fingerprint density at radius 2 is 1.79 bits per heavy atom. The predicted octanol–water partition coefficient (Wildman–Crippen LogP) is 2.84. The number of rotatable bonds is 2. The molecule has 2 aromatic carbocycles. The predicted molar refractivity (Wildman–Crippen MR) is 90.6 cm³/mol. The van der Waals surface area contributed by atoms with Crippen LogP contribution in [0.2, 0.25) is 0 Å². The van der Waals surface area contributed by atoms with Gasteiger partial charge in [-0.25, -0.2) is 4.98 Å². The summed E-state index contributed by atoms with van der Waals surface area (Å²) in [6.45, 7) is 1.61. The zero-order chi connectivity index (χ0) is 16.4. The van der Waals surface area contributed by atoms with E-state index in [1.165, 1.54) is 0 Å². The monoisotopic (exact) mass is 319 g/mol. The molecule has 120 valence electrons. The van der Waals surface area contributed by atoms with Crippen LogP contribution < -0.4 is 0 Å². The maximum absolute atomic E-state index is 12.8. The molecule has 1 aromatic heterocycles. The summed E-state index contributed by atoms with van der Waals surface area (Å²) < 4.78 is 5.82. The van der Waals surface area contributed by atoms with Crippen molar-refractivity contribution in [3.8, 4) is 0 Å². The fourth-order valence-corrected chi connectivity index (χ4v) is 2.93. The van der Waals surface area contributed by atoms with Gasteiger partial charge in [-0.05, 0) is 17.7 Å². The number of carbonyl (C=O) groups excluding carboxylic acids is 1. The van der Waals surface area contributed by atoms with Crippen LogP contribution >= 0.6 is 0 Å². The summed E-state index contributed by atoms with van der Waals surface area (Å²) in [6, 6.07) is 17.5. The van der Waals surface area contributed by atoms with Crippen LogP contribution in [0, 0.1) is 0 Å². The largest absolute Gasteiger partial charge is 0.370 e. The molecule has 0 saturated carbocycles. The van der Waals surface area contributed by atoms with Gasteiger partial charge in [0.1, 0.15) is 11.8 Å². The summed E-state index contributed by atoms with van der Waals surface area (Å²) in [5.41, 5.74) is 2.98. The van der Waals surface area contributed by atoms with Gasteiger partial charge in [0.05, 0.1) is 30.4 Å². The molecular weight excluding hydrogens is 302 g/mol. The van der Waals surface area contributed by atoms with E-state index in [2.05, 4.69) is 9.97 Å². The van der Waals surface area contributed by atoms with Gasteiger partial charge in [-0.1, -0.05) is 42.5 Å². The first kappa shape index (κ1) is 14.8. The number of fused-ring (bicyclic) bond motifs is 1. The molecule has 1 aliphatic rings. The second-order valence-electron chi connectivity index (χ2n) is 5.77.